The fourth-order valence-electron chi connectivity index (χ4n) is 2.50. The van der Waals surface area contributed by atoms with Gasteiger partial charge in [0.1, 0.15) is 5.69 Å². The molecule has 0 saturated carbocycles. The van der Waals surface area contributed by atoms with Crippen LogP contribution in [-0.4, -0.2) is 30.1 Å². The van der Waals surface area contributed by atoms with Crippen molar-refractivity contribution in [3.05, 3.63) is 33.9 Å². The Bertz CT molecular complexity index is 462. The second-order valence-electron chi connectivity index (χ2n) is 5.01. The molecule has 1 aromatic rings. The Morgan fingerprint density at radius 1 is 1.44 bits per heavy atom. The molecule has 5 heteroatoms. The Kier molecular flexibility index (Phi) is 3.52. The lowest BCUT2D eigenvalue weighted by Crippen LogP contribution is -2.54. The molecule has 1 N–H and O–H groups in total. The normalized spacial score (nSPS) is 24.1. The van der Waals surface area contributed by atoms with E-state index in [4.69, 9.17) is 0 Å². The molecule has 1 aliphatic heterocycles. The maximum Gasteiger partial charge on any atom is 0.292 e. The molecule has 5 nitrogen and oxygen atoms in total. The standard InChI is InChI=1S/C13H19N3O2/c1-9-5-4-6-12(16(17)18)13(9)15-8-10(2)14-7-11(15)3/h4-6,10-11,14H,7-8H2,1-3H3. The largest absolute Gasteiger partial charge is 0.360 e. The van der Waals surface area contributed by atoms with Crippen molar-refractivity contribution in [3.63, 3.8) is 0 Å². The molecular weight excluding hydrogens is 230 g/mol. The van der Waals surface area contributed by atoms with E-state index in [0.29, 0.717) is 6.04 Å². The van der Waals surface area contributed by atoms with Crippen molar-refractivity contribution in [1.82, 2.24) is 5.32 Å². The third-order valence-electron chi connectivity index (χ3n) is 3.46. The van der Waals surface area contributed by atoms with Crippen LogP contribution < -0.4 is 10.2 Å². The summed E-state index contributed by atoms with van der Waals surface area (Å²) in [6, 6.07) is 5.87. The van der Waals surface area contributed by atoms with Crippen LogP contribution in [0.2, 0.25) is 0 Å². The van der Waals surface area contributed by atoms with Crippen molar-refractivity contribution in [2.75, 3.05) is 18.0 Å². The minimum atomic E-state index is -0.290. The van der Waals surface area contributed by atoms with Crippen molar-refractivity contribution < 1.29 is 4.92 Å². The number of para-hydroxylation sites is 1. The van der Waals surface area contributed by atoms with Gasteiger partial charge in [0.15, 0.2) is 0 Å². The first-order chi connectivity index (χ1) is 8.50. The highest BCUT2D eigenvalue weighted by molar-refractivity contribution is 5.68. The molecule has 1 aromatic carbocycles. The smallest absolute Gasteiger partial charge is 0.292 e. The Hall–Kier alpha value is -1.62. The number of nitrogens with one attached hydrogen (secondary N) is 1. The summed E-state index contributed by atoms with van der Waals surface area (Å²) in [6.45, 7) is 7.78. The molecule has 1 heterocycles. The molecule has 0 aliphatic carbocycles. The van der Waals surface area contributed by atoms with Crippen LogP contribution in [-0.2, 0) is 0 Å². The highest BCUT2D eigenvalue weighted by Gasteiger charge is 2.29. The van der Waals surface area contributed by atoms with E-state index < -0.39 is 0 Å². The van der Waals surface area contributed by atoms with E-state index in [2.05, 4.69) is 24.1 Å². The number of aryl methyl sites for hydroxylation is 1. The van der Waals surface area contributed by atoms with Crippen LogP contribution in [0.4, 0.5) is 11.4 Å². The van der Waals surface area contributed by atoms with E-state index in [9.17, 15) is 10.1 Å². The van der Waals surface area contributed by atoms with Gasteiger partial charge < -0.3 is 10.2 Å². The number of benzene rings is 1. The van der Waals surface area contributed by atoms with Crippen LogP contribution in [0.25, 0.3) is 0 Å². The molecule has 1 saturated heterocycles. The maximum atomic E-state index is 11.2. The predicted octanol–water partition coefficient (Wildman–Crippen LogP) is 2.09. The number of nitro groups is 1. The lowest BCUT2D eigenvalue weighted by atomic mass is 10.1. The van der Waals surface area contributed by atoms with Crippen LogP contribution in [0, 0.1) is 17.0 Å². The monoisotopic (exact) mass is 249 g/mol. The first-order valence-corrected chi connectivity index (χ1v) is 6.24. The third-order valence-corrected chi connectivity index (χ3v) is 3.46. The van der Waals surface area contributed by atoms with Crippen molar-refractivity contribution in [2.24, 2.45) is 0 Å². The second-order valence-corrected chi connectivity index (χ2v) is 5.01. The fourth-order valence-corrected chi connectivity index (χ4v) is 2.50. The highest BCUT2D eigenvalue weighted by Crippen LogP contribution is 2.33. The molecule has 0 aromatic heterocycles. The Morgan fingerprint density at radius 2 is 2.17 bits per heavy atom. The zero-order valence-electron chi connectivity index (χ0n) is 11.0. The third kappa shape index (κ3) is 2.31. The van der Waals surface area contributed by atoms with Gasteiger partial charge in [-0.2, -0.15) is 0 Å². The SMILES string of the molecule is Cc1cccc([N+](=O)[O-])c1N1CC(C)NCC1C. The lowest BCUT2D eigenvalue weighted by Gasteiger charge is -2.39. The van der Waals surface area contributed by atoms with Gasteiger partial charge in [-0.05, 0) is 26.3 Å². The van der Waals surface area contributed by atoms with E-state index >= 15 is 0 Å². The van der Waals surface area contributed by atoms with Crippen molar-refractivity contribution in [1.29, 1.82) is 0 Å². The van der Waals surface area contributed by atoms with E-state index in [1.54, 1.807) is 12.1 Å². The summed E-state index contributed by atoms with van der Waals surface area (Å²) >= 11 is 0. The molecule has 0 spiro atoms. The summed E-state index contributed by atoms with van der Waals surface area (Å²) < 4.78 is 0. The summed E-state index contributed by atoms with van der Waals surface area (Å²) in [6.07, 6.45) is 0. The summed E-state index contributed by atoms with van der Waals surface area (Å²) in [4.78, 5) is 13.0. The highest BCUT2D eigenvalue weighted by atomic mass is 16.6. The topological polar surface area (TPSA) is 58.4 Å². The minimum Gasteiger partial charge on any atom is -0.360 e. The van der Waals surface area contributed by atoms with E-state index in [0.717, 1.165) is 24.3 Å². The van der Waals surface area contributed by atoms with Gasteiger partial charge in [-0.3, -0.25) is 10.1 Å². The van der Waals surface area contributed by atoms with Gasteiger partial charge >= 0.3 is 0 Å². The molecule has 0 radical (unpaired) electrons. The zero-order chi connectivity index (χ0) is 13.3. The summed E-state index contributed by atoms with van der Waals surface area (Å²) in [5, 5.41) is 14.6. The van der Waals surface area contributed by atoms with Crippen LogP contribution >= 0.6 is 0 Å². The first kappa shape index (κ1) is 12.8. The number of anilines is 1. The first-order valence-electron chi connectivity index (χ1n) is 6.24. The number of nitro benzene ring substituents is 1. The summed E-state index contributed by atoms with van der Waals surface area (Å²) in [5.41, 5.74) is 1.93. The van der Waals surface area contributed by atoms with E-state index in [1.807, 2.05) is 13.0 Å². The molecule has 2 atom stereocenters. The van der Waals surface area contributed by atoms with Gasteiger partial charge in [0.25, 0.3) is 5.69 Å². The number of rotatable bonds is 2. The Morgan fingerprint density at radius 3 is 2.83 bits per heavy atom. The quantitative estimate of drug-likeness (QED) is 0.644. The molecule has 98 valence electrons. The Balaban J connectivity index is 2.45. The number of hydrogen-bond acceptors (Lipinski definition) is 4. The Labute approximate surface area is 107 Å². The maximum absolute atomic E-state index is 11.2. The number of piperazine rings is 1. The van der Waals surface area contributed by atoms with E-state index in [1.165, 1.54) is 0 Å². The van der Waals surface area contributed by atoms with Crippen LogP contribution in [0.5, 0.6) is 0 Å². The van der Waals surface area contributed by atoms with Gasteiger partial charge in [-0.25, -0.2) is 0 Å². The van der Waals surface area contributed by atoms with Crippen molar-refractivity contribution in [3.8, 4) is 0 Å². The van der Waals surface area contributed by atoms with Crippen molar-refractivity contribution >= 4 is 11.4 Å². The second kappa shape index (κ2) is 4.94. The lowest BCUT2D eigenvalue weighted by molar-refractivity contribution is -0.384. The molecule has 18 heavy (non-hydrogen) atoms. The van der Waals surface area contributed by atoms with Gasteiger partial charge in [-0.15, -0.1) is 0 Å². The molecule has 2 unspecified atom stereocenters. The van der Waals surface area contributed by atoms with Crippen molar-refractivity contribution in [2.45, 2.75) is 32.9 Å². The average molecular weight is 249 g/mol. The molecule has 1 fully saturated rings. The number of hydrogen-bond donors (Lipinski definition) is 1. The van der Waals surface area contributed by atoms with Gasteiger partial charge in [-0.1, -0.05) is 12.1 Å². The van der Waals surface area contributed by atoms with Crippen LogP contribution in [0.1, 0.15) is 19.4 Å². The molecule has 0 amide bonds. The van der Waals surface area contributed by atoms with Gasteiger partial charge in [0.05, 0.1) is 4.92 Å². The predicted molar refractivity (Wildman–Crippen MR) is 72.1 cm³/mol. The molecule has 0 bridgehead atoms. The summed E-state index contributed by atoms with van der Waals surface area (Å²) in [7, 11) is 0. The zero-order valence-corrected chi connectivity index (χ0v) is 11.0. The summed E-state index contributed by atoms with van der Waals surface area (Å²) in [5.74, 6) is 0. The molecule has 1 aliphatic rings. The van der Waals surface area contributed by atoms with E-state index in [-0.39, 0.29) is 16.7 Å². The average Bonchev–Trinajstić information content (AvgIpc) is 2.32. The van der Waals surface area contributed by atoms with Crippen LogP contribution in [0.3, 0.4) is 0 Å². The van der Waals surface area contributed by atoms with Gasteiger partial charge in [0.2, 0.25) is 0 Å². The minimum absolute atomic E-state index is 0.205. The number of nitrogens with zero attached hydrogens (tertiary/aromatic N) is 2. The fraction of sp³-hybridized carbons (Fsp3) is 0.538. The van der Waals surface area contributed by atoms with Gasteiger partial charge in [0, 0.05) is 31.2 Å². The van der Waals surface area contributed by atoms with Crippen LogP contribution in [0.15, 0.2) is 18.2 Å². The molecular formula is C13H19N3O2. The molecule has 2 rings (SSSR count).